The van der Waals surface area contributed by atoms with E-state index in [2.05, 4.69) is 19.8 Å². The Hall–Kier alpha value is -1.11. The normalized spacial score (nSPS) is 17.6. The highest BCUT2D eigenvalue weighted by molar-refractivity contribution is 6.28. The van der Waals surface area contributed by atoms with Gasteiger partial charge in [0.15, 0.2) is 5.82 Å². The third-order valence-corrected chi connectivity index (χ3v) is 3.54. The lowest BCUT2D eigenvalue weighted by molar-refractivity contribution is 0.0345. The molecule has 0 unspecified atom stereocenters. The molecule has 112 valence electrons. The molecule has 1 saturated heterocycles. The molecule has 0 bridgehead atoms. The zero-order valence-corrected chi connectivity index (χ0v) is 13.0. The molecule has 0 radical (unpaired) electrons. The van der Waals surface area contributed by atoms with Crippen molar-refractivity contribution in [3.63, 3.8) is 0 Å². The first-order chi connectivity index (χ1) is 9.26. The highest BCUT2D eigenvalue weighted by Crippen LogP contribution is 2.25. The molecule has 0 aliphatic carbocycles. The van der Waals surface area contributed by atoms with Gasteiger partial charge in [-0.15, -0.1) is 0 Å². The smallest absolute Gasteiger partial charge is 0.224 e. The summed E-state index contributed by atoms with van der Waals surface area (Å²) in [7, 11) is 0. The standard InChI is InChI=1S/C13H22ClN5O/c1-9-10(15)11(17-12(14)16-9)19-6-4-18(5-7-19)8-13(2,3)20/h20H,4-8,15H2,1-3H3. The lowest BCUT2D eigenvalue weighted by Crippen LogP contribution is -2.50. The molecule has 0 saturated carbocycles. The number of hydrogen-bond acceptors (Lipinski definition) is 6. The van der Waals surface area contributed by atoms with Crippen LogP contribution in [0.3, 0.4) is 0 Å². The molecule has 0 aromatic carbocycles. The highest BCUT2D eigenvalue weighted by Gasteiger charge is 2.24. The Labute approximate surface area is 124 Å². The fourth-order valence-corrected chi connectivity index (χ4v) is 2.65. The number of nitrogen functional groups attached to an aromatic ring is 1. The van der Waals surface area contributed by atoms with Gasteiger partial charge in [-0.1, -0.05) is 0 Å². The number of hydrogen-bond donors (Lipinski definition) is 2. The summed E-state index contributed by atoms with van der Waals surface area (Å²) < 4.78 is 0. The molecule has 1 aliphatic heterocycles. The summed E-state index contributed by atoms with van der Waals surface area (Å²) in [5.74, 6) is 0.713. The first-order valence-electron chi connectivity index (χ1n) is 6.75. The molecule has 2 heterocycles. The topological polar surface area (TPSA) is 78.5 Å². The number of anilines is 2. The monoisotopic (exact) mass is 299 g/mol. The molecule has 6 nitrogen and oxygen atoms in total. The summed E-state index contributed by atoms with van der Waals surface area (Å²) in [6.45, 7) is 9.50. The van der Waals surface area contributed by atoms with Crippen molar-refractivity contribution < 1.29 is 5.11 Å². The van der Waals surface area contributed by atoms with Crippen LogP contribution in [0.25, 0.3) is 0 Å². The molecule has 20 heavy (non-hydrogen) atoms. The van der Waals surface area contributed by atoms with Gasteiger partial charge in [0, 0.05) is 32.7 Å². The van der Waals surface area contributed by atoms with Crippen LogP contribution in [0.15, 0.2) is 0 Å². The predicted molar refractivity (Wildman–Crippen MR) is 81.1 cm³/mol. The maximum absolute atomic E-state index is 9.86. The maximum Gasteiger partial charge on any atom is 0.224 e. The molecule has 0 amide bonds. The van der Waals surface area contributed by atoms with E-state index >= 15 is 0 Å². The summed E-state index contributed by atoms with van der Waals surface area (Å²) in [5, 5.41) is 10.1. The van der Waals surface area contributed by atoms with Crippen LogP contribution < -0.4 is 10.6 Å². The van der Waals surface area contributed by atoms with E-state index < -0.39 is 5.60 Å². The second-order valence-electron chi connectivity index (χ2n) is 5.89. The number of piperazine rings is 1. The summed E-state index contributed by atoms with van der Waals surface area (Å²) >= 11 is 5.91. The summed E-state index contributed by atoms with van der Waals surface area (Å²) in [6, 6.07) is 0. The van der Waals surface area contributed by atoms with Gasteiger partial charge in [0.05, 0.1) is 17.0 Å². The van der Waals surface area contributed by atoms with Crippen LogP contribution in [0.2, 0.25) is 5.28 Å². The van der Waals surface area contributed by atoms with Crippen LogP contribution in [0.4, 0.5) is 11.5 Å². The molecule has 3 N–H and O–H groups in total. The number of aryl methyl sites for hydroxylation is 1. The Bertz CT molecular complexity index is 480. The molecular formula is C13H22ClN5O. The van der Waals surface area contributed by atoms with E-state index in [4.69, 9.17) is 17.3 Å². The Balaban J connectivity index is 2.04. The van der Waals surface area contributed by atoms with E-state index in [1.165, 1.54) is 0 Å². The molecule has 1 aliphatic rings. The lowest BCUT2D eigenvalue weighted by Gasteiger charge is -2.38. The van der Waals surface area contributed by atoms with E-state index in [9.17, 15) is 5.11 Å². The van der Waals surface area contributed by atoms with E-state index in [0.717, 1.165) is 26.2 Å². The minimum Gasteiger partial charge on any atom is -0.394 e. The van der Waals surface area contributed by atoms with Crippen LogP contribution in [0.1, 0.15) is 19.5 Å². The van der Waals surface area contributed by atoms with Gasteiger partial charge in [0.25, 0.3) is 0 Å². The van der Waals surface area contributed by atoms with Gasteiger partial charge in [-0.25, -0.2) is 4.98 Å². The second kappa shape index (κ2) is 5.71. The molecule has 0 atom stereocenters. The van der Waals surface area contributed by atoms with Gasteiger partial charge < -0.3 is 15.7 Å². The minimum atomic E-state index is -0.671. The van der Waals surface area contributed by atoms with Crippen molar-refractivity contribution in [3.05, 3.63) is 11.0 Å². The lowest BCUT2D eigenvalue weighted by atomic mass is 10.1. The fraction of sp³-hybridized carbons (Fsp3) is 0.692. The van der Waals surface area contributed by atoms with E-state index in [1.807, 2.05) is 20.8 Å². The molecule has 1 aromatic heterocycles. The van der Waals surface area contributed by atoms with Crippen LogP contribution >= 0.6 is 11.6 Å². The number of nitrogens with zero attached hydrogens (tertiary/aromatic N) is 4. The highest BCUT2D eigenvalue weighted by atomic mass is 35.5. The van der Waals surface area contributed by atoms with Gasteiger partial charge in [-0.05, 0) is 32.4 Å². The van der Waals surface area contributed by atoms with Crippen LogP contribution in [0.5, 0.6) is 0 Å². The molecule has 0 spiro atoms. The average molecular weight is 300 g/mol. The Morgan fingerprint density at radius 3 is 2.40 bits per heavy atom. The number of halogens is 1. The fourth-order valence-electron chi connectivity index (χ4n) is 2.44. The van der Waals surface area contributed by atoms with Crippen molar-refractivity contribution >= 4 is 23.1 Å². The van der Waals surface area contributed by atoms with E-state index in [0.29, 0.717) is 23.7 Å². The maximum atomic E-state index is 9.86. The van der Waals surface area contributed by atoms with Gasteiger partial charge in [0.1, 0.15) is 0 Å². The second-order valence-corrected chi connectivity index (χ2v) is 6.23. The van der Waals surface area contributed by atoms with Crippen molar-refractivity contribution in [2.75, 3.05) is 43.4 Å². The van der Waals surface area contributed by atoms with Gasteiger partial charge in [0.2, 0.25) is 5.28 Å². The van der Waals surface area contributed by atoms with Crippen LogP contribution in [0, 0.1) is 6.92 Å². The van der Waals surface area contributed by atoms with Crippen molar-refractivity contribution in [3.8, 4) is 0 Å². The predicted octanol–water partition coefficient (Wildman–Crippen LogP) is 0.914. The molecule has 2 rings (SSSR count). The largest absolute Gasteiger partial charge is 0.394 e. The molecule has 1 fully saturated rings. The third-order valence-electron chi connectivity index (χ3n) is 3.37. The Kier molecular flexibility index (Phi) is 4.36. The average Bonchev–Trinajstić information content (AvgIpc) is 2.33. The number of aromatic nitrogens is 2. The van der Waals surface area contributed by atoms with Crippen molar-refractivity contribution in [2.24, 2.45) is 0 Å². The third kappa shape index (κ3) is 3.71. The minimum absolute atomic E-state index is 0.227. The molecule has 7 heteroatoms. The summed E-state index contributed by atoms with van der Waals surface area (Å²) in [5.41, 5.74) is 6.66. The van der Waals surface area contributed by atoms with Gasteiger partial charge >= 0.3 is 0 Å². The van der Waals surface area contributed by atoms with Gasteiger partial charge in [-0.3, -0.25) is 4.90 Å². The Morgan fingerprint density at radius 1 is 1.25 bits per heavy atom. The quantitative estimate of drug-likeness (QED) is 0.808. The number of nitrogens with two attached hydrogens (primary N) is 1. The van der Waals surface area contributed by atoms with Crippen LogP contribution in [-0.4, -0.2) is 58.3 Å². The first-order valence-corrected chi connectivity index (χ1v) is 7.13. The van der Waals surface area contributed by atoms with Gasteiger partial charge in [-0.2, -0.15) is 4.98 Å². The number of aliphatic hydroxyl groups is 1. The van der Waals surface area contributed by atoms with E-state index in [-0.39, 0.29) is 5.28 Å². The molecular weight excluding hydrogens is 278 g/mol. The first kappa shape index (κ1) is 15.3. The van der Waals surface area contributed by atoms with E-state index in [1.54, 1.807) is 0 Å². The Morgan fingerprint density at radius 2 is 1.85 bits per heavy atom. The van der Waals surface area contributed by atoms with Crippen LogP contribution in [-0.2, 0) is 0 Å². The van der Waals surface area contributed by atoms with Crippen molar-refractivity contribution in [2.45, 2.75) is 26.4 Å². The zero-order chi connectivity index (χ0) is 14.9. The SMILES string of the molecule is Cc1nc(Cl)nc(N2CCN(CC(C)(C)O)CC2)c1N. The summed E-state index contributed by atoms with van der Waals surface area (Å²) in [4.78, 5) is 12.7. The molecule has 1 aromatic rings. The zero-order valence-electron chi connectivity index (χ0n) is 12.2. The summed E-state index contributed by atoms with van der Waals surface area (Å²) in [6.07, 6.45) is 0. The van der Waals surface area contributed by atoms with Crippen molar-refractivity contribution in [1.29, 1.82) is 0 Å². The number of rotatable bonds is 3. The van der Waals surface area contributed by atoms with Crippen molar-refractivity contribution in [1.82, 2.24) is 14.9 Å². The number of β-amino-alcohol motifs (C(OH)–C–C–N with tert-alkyl or cyclic N) is 1.